The van der Waals surface area contributed by atoms with Gasteiger partial charge in [0.2, 0.25) is 11.8 Å². The zero-order valence-electron chi connectivity index (χ0n) is 32.6. The number of carbonyl (C=O) groups excluding carboxylic acids is 4. The summed E-state index contributed by atoms with van der Waals surface area (Å²) in [5.41, 5.74) is 6.42. The second-order valence-electron chi connectivity index (χ2n) is 15.2. The number of aliphatic hydroxyl groups excluding tert-OH is 1. The maximum Gasteiger partial charge on any atom is 0.407 e. The van der Waals surface area contributed by atoms with Crippen LogP contribution in [0, 0.1) is 5.92 Å². The minimum Gasteiger partial charge on any atom is -0.489 e. The summed E-state index contributed by atoms with van der Waals surface area (Å²) in [5, 5.41) is 15.8. The van der Waals surface area contributed by atoms with Crippen molar-refractivity contribution in [2.45, 2.75) is 75.6 Å². The van der Waals surface area contributed by atoms with Crippen LogP contribution in [-0.4, -0.2) is 78.4 Å². The van der Waals surface area contributed by atoms with Crippen LogP contribution in [0.25, 0.3) is 11.1 Å². The highest BCUT2D eigenvalue weighted by molar-refractivity contribution is 5.87. The van der Waals surface area contributed by atoms with Crippen LogP contribution in [-0.2, 0) is 36.9 Å². The molecular formula is C47H51N3O8. The van der Waals surface area contributed by atoms with E-state index in [1.54, 1.807) is 4.90 Å². The Morgan fingerprint density at radius 1 is 0.845 bits per heavy atom. The van der Waals surface area contributed by atoms with E-state index in [0.717, 1.165) is 45.6 Å². The molecule has 1 saturated heterocycles. The molecule has 0 radical (unpaired) electrons. The van der Waals surface area contributed by atoms with Crippen LogP contribution in [0.1, 0.15) is 66.7 Å². The molecule has 2 aliphatic heterocycles. The Labute approximate surface area is 339 Å². The van der Waals surface area contributed by atoms with Crippen molar-refractivity contribution in [1.29, 1.82) is 0 Å². The van der Waals surface area contributed by atoms with Crippen molar-refractivity contribution in [2.24, 2.45) is 5.92 Å². The van der Waals surface area contributed by atoms with E-state index in [4.69, 9.17) is 14.2 Å². The highest BCUT2D eigenvalue weighted by Gasteiger charge is 2.36. The number of nitrogens with zero attached hydrogens (tertiary/aromatic N) is 1. The van der Waals surface area contributed by atoms with Crippen molar-refractivity contribution in [3.05, 3.63) is 138 Å². The summed E-state index contributed by atoms with van der Waals surface area (Å²) in [6.45, 7) is 0.792. The minimum atomic E-state index is -0.943. The number of cyclic esters (lactones) is 1. The van der Waals surface area contributed by atoms with Crippen molar-refractivity contribution >= 4 is 23.9 Å². The van der Waals surface area contributed by atoms with Crippen molar-refractivity contribution in [2.75, 3.05) is 26.4 Å². The Kier molecular flexibility index (Phi) is 13.5. The van der Waals surface area contributed by atoms with Gasteiger partial charge in [0, 0.05) is 18.9 Å². The van der Waals surface area contributed by atoms with Gasteiger partial charge in [0.25, 0.3) is 0 Å². The monoisotopic (exact) mass is 785 g/mol. The van der Waals surface area contributed by atoms with E-state index in [1.807, 2.05) is 103 Å². The number of alkyl carbamates (subject to hydrolysis) is 1. The van der Waals surface area contributed by atoms with Crippen LogP contribution in [0.4, 0.5) is 4.79 Å². The van der Waals surface area contributed by atoms with Gasteiger partial charge in [-0.25, -0.2) is 9.59 Å². The zero-order valence-corrected chi connectivity index (χ0v) is 32.6. The van der Waals surface area contributed by atoms with Gasteiger partial charge in [-0.15, -0.1) is 0 Å². The van der Waals surface area contributed by atoms with Gasteiger partial charge in [-0.1, -0.05) is 103 Å². The molecule has 4 atom stereocenters. The molecular weight excluding hydrogens is 735 g/mol. The van der Waals surface area contributed by atoms with Crippen LogP contribution in [0.15, 0.2) is 115 Å². The molecule has 58 heavy (non-hydrogen) atoms. The van der Waals surface area contributed by atoms with Gasteiger partial charge >= 0.3 is 12.1 Å². The Bertz CT molecular complexity index is 2020. The molecule has 2 heterocycles. The Morgan fingerprint density at radius 3 is 2.28 bits per heavy atom. The lowest BCUT2D eigenvalue weighted by Gasteiger charge is -2.29. The van der Waals surface area contributed by atoms with E-state index < -0.39 is 30.1 Å². The molecule has 0 spiro atoms. The lowest BCUT2D eigenvalue weighted by Crippen LogP contribution is -2.46. The first-order valence-corrected chi connectivity index (χ1v) is 20.3. The number of aliphatic hydroxyl groups is 1. The van der Waals surface area contributed by atoms with Crippen LogP contribution < -0.4 is 15.4 Å². The molecule has 0 bridgehead atoms. The first kappa shape index (κ1) is 40.3. The number of ether oxygens (including phenoxy) is 3. The van der Waals surface area contributed by atoms with Gasteiger partial charge < -0.3 is 34.9 Å². The van der Waals surface area contributed by atoms with Gasteiger partial charge in [0.15, 0.2) is 0 Å². The Morgan fingerprint density at radius 2 is 1.55 bits per heavy atom. The summed E-state index contributed by atoms with van der Waals surface area (Å²) >= 11 is 0. The topological polar surface area (TPSA) is 143 Å². The molecule has 0 aromatic heterocycles. The molecule has 3 N–H and O–H groups in total. The lowest BCUT2D eigenvalue weighted by atomic mass is 9.97. The number of allylic oxidation sites excluding steroid dienone is 2. The summed E-state index contributed by atoms with van der Waals surface area (Å²) in [4.78, 5) is 55.6. The number of rotatable bonds is 12. The number of hydrogen-bond donors (Lipinski definition) is 3. The van der Waals surface area contributed by atoms with Crippen LogP contribution in [0.2, 0.25) is 0 Å². The summed E-state index contributed by atoms with van der Waals surface area (Å²) in [6, 6.07) is 31.8. The second-order valence-corrected chi connectivity index (χ2v) is 15.2. The van der Waals surface area contributed by atoms with Gasteiger partial charge in [-0.2, -0.15) is 0 Å². The number of esters is 1. The number of benzene rings is 4. The fraction of sp³-hybridized carbons (Fsp3) is 0.362. The van der Waals surface area contributed by atoms with Gasteiger partial charge in [0.05, 0.1) is 24.6 Å². The predicted molar refractivity (Wildman–Crippen MR) is 219 cm³/mol. The van der Waals surface area contributed by atoms with Gasteiger partial charge in [-0.3, -0.25) is 9.59 Å². The third-order valence-electron chi connectivity index (χ3n) is 11.2. The lowest BCUT2D eigenvalue weighted by molar-refractivity contribution is -0.150. The molecule has 0 unspecified atom stereocenters. The van der Waals surface area contributed by atoms with Crippen molar-refractivity contribution in [3.63, 3.8) is 0 Å². The number of carbonyl (C=O) groups is 4. The summed E-state index contributed by atoms with van der Waals surface area (Å²) in [7, 11) is 0. The molecule has 3 aliphatic rings. The van der Waals surface area contributed by atoms with Crippen LogP contribution in [0.3, 0.4) is 0 Å². The Balaban J connectivity index is 0.930. The summed E-state index contributed by atoms with van der Waals surface area (Å²) < 4.78 is 17.4. The normalized spacial score (nSPS) is 19.9. The average Bonchev–Trinajstić information content (AvgIpc) is 3.85. The largest absolute Gasteiger partial charge is 0.489 e. The van der Waals surface area contributed by atoms with E-state index in [0.29, 0.717) is 38.8 Å². The van der Waals surface area contributed by atoms with E-state index in [1.165, 1.54) is 0 Å². The molecule has 4 aromatic carbocycles. The van der Waals surface area contributed by atoms with E-state index >= 15 is 0 Å². The van der Waals surface area contributed by atoms with Crippen LogP contribution in [0.5, 0.6) is 5.75 Å². The van der Waals surface area contributed by atoms with E-state index in [-0.39, 0.29) is 56.4 Å². The van der Waals surface area contributed by atoms with E-state index in [2.05, 4.69) is 22.8 Å². The standard InChI is InChI=1S/C47H51N3O8/c51-28-35(26-32-21-23-37(24-22-32)56-29-33-12-3-1-4-13-33)48-44(52)27-34-14-5-2-6-20-43(46(54)57-30-36-15-11-25-50(36)45(34)53)49-47(55)58-31-42-40-18-9-7-16-38(40)39-17-8-10-19-41(39)42/h1-5,7-10,12-13,16-19,21-24,34-36,42-43,51H,6,11,14-15,20,25-31H2,(H,48,52)(H,49,55)/t34-,35+,36+,43-/m1/s1. The quantitative estimate of drug-likeness (QED) is 0.110. The number of hydrogen-bond acceptors (Lipinski definition) is 8. The third kappa shape index (κ3) is 10.1. The molecule has 302 valence electrons. The maximum absolute atomic E-state index is 13.9. The maximum atomic E-state index is 13.9. The SMILES string of the molecule is O=C(C[C@H]1CC=CCC[C@@H](NC(=O)OCC2c3ccccc3-c3ccccc32)C(=O)OC[C@@H]2CCCN2C1=O)N[C@H](CO)Cc1ccc(OCc2ccccc2)cc1. The number of amides is 3. The van der Waals surface area contributed by atoms with Gasteiger partial charge in [0.1, 0.15) is 31.6 Å². The molecule has 4 aromatic rings. The fourth-order valence-corrected chi connectivity index (χ4v) is 8.18. The first-order valence-electron chi connectivity index (χ1n) is 20.3. The van der Waals surface area contributed by atoms with E-state index in [9.17, 15) is 24.3 Å². The molecule has 0 saturated carbocycles. The minimum absolute atomic E-state index is 0.0114. The molecule has 3 amide bonds. The number of nitrogens with one attached hydrogen (secondary N) is 2. The third-order valence-corrected chi connectivity index (χ3v) is 11.2. The number of fused-ring (bicyclic) bond motifs is 4. The van der Waals surface area contributed by atoms with Gasteiger partial charge in [-0.05, 0) is 84.0 Å². The second kappa shape index (κ2) is 19.5. The predicted octanol–water partition coefficient (Wildman–Crippen LogP) is 6.47. The molecule has 11 heteroatoms. The Hall–Kier alpha value is -5.94. The van der Waals surface area contributed by atoms with Crippen molar-refractivity contribution < 1.29 is 38.5 Å². The fourth-order valence-electron chi connectivity index (χ4n) is 8.18. The smallest absolute Gasteiger partial charge is 0.407 e. The summed E-state index contributed by atoms with van der Waals surface area (Å²) in [5.74, 6) is -1.11. The first-order chi connectivity index (χ1) is 28.4. The van der Waals surface area contributed by atoms with Crippen LogP contribution >= 0.6 is 0 Å². The zero-order chi connectivity index (χ0) is 40.3. The van der Waals surface area contributed by atoms with Crippen molar-refractivity contribution in [3.8, 4) is 16.9 Å². The molecule has 1 aliphatic carbocycles. The highest BCUT2D eigenvalue weighted by Crippen LogP contribution is 2.44. The summed E-state index contributed by atoms with van der Waals surface area (Å²) in [6.07, 6.45) is 5.78. The highest BCUT2D eigenvalue weighted by atomic mass is 16.6. The molecule has 11 nitrogen and oxygen atoms in total. The van der Waals surface area contributed by atoms with Crippen molar-refractivity contribution in [1.82, 2.24) is 15.5 Å². The molecule has 7 rings (SSSR count). The molecule has 1 fully saturated rings. The average molecular weight is 786 g/mol.